The van der Waals surface area contributed by atoms with Gasteiger partial charge in [-0.1, -0.05) is 6.07 Å². The van der Waals surface area contributed by atoms with E-state index in [2.05, 4.69) is 4.98 Å². The number of fused-ring (bicyclic) bond motifs is 1. The molecule has 0 unspecified atom stereocenters. The Kier molecular flexibility index (Phi) is 4.66. The van der Waals surface area contributed by atoms with Crippen LogP contribution in [0.4, 0.5) is 0 Å². The highest BCUT2D eigenvalue weighted by Gasteiger charge is 2.19. The average molecular weight is 375 g/mol. The van der Waals surface area contributed by atoms with Gasteiger partial charge in [0.1, 0.15) is 23.6 Å². The van der Waals surface area contributed by atoms with Gasteiger partial charge in [0.2, 0.25) is 10.0 Å². The number of aryl methyl sites for hydroxylation is 1. The highest BCUT2D eigenvalue weighted by atomic mass is 32.2. The zero-order valence-corrected chi connectivity index (χ0v) is 15.0. The van der Waals surface area contributed by atoms with Gasteiger partial charge in [0.25, 0.3) is 0 Å². The number of hydrogen-bond donors (Lipinski definition) is 1. The van der Waals surface area contributed by atoms with Crippen molar-refractivity contribution >= 4 is 21.6 Å². The molecule has 3 aromatic rings. The van der Waals surface area contributed by atoms with E-state index in [9.17, 15) is 13.2 Å². The molecule has 2 heterocycles. The molecule has 9 heteroatoms. The van der Waals surface area contributed by atoms with Crippen LogP contribution in [0.2, 0.25) is 0 Å². The molecule has 0 saturated heterocycles. The lowest BCUT2D eigenvalue weighted by molar-refractivity contribution is 0.0464. The molecule has 26 heavy (non-hydrogen) atoms. The van der Waals surface area contributed by atoms with Crippen molar-refractivity contribution in [1.82, 2.24) is 9.38 Å². The zero-order chi connectivity index (χ0) is 18.9. The number of ether oxygens (including phenoxy) is 2. The zero-order valence-electron chi connectivity index (χ0n) is 14.2. The standard InChI is InChI=1S/C17H17N3O5S/c1-11-3-6-16-19-12(9-20(16)8-11)10-25-17(21)14-7-13(26(18,22)23)4-5-15(14)24-2/h3-9H,10H2,1-2H3,(H2,18,22,23). The number of methoxy groups -OCH3 is 1. The van der Waals surface area contributed by atoms with E-state index in [1.54, 1.807) is 6.20 Å². The fraction of sp³-hybridized carbons (Fsp3) is 0.176. The van der Waals surface area contributed by atoms with Crippen LogP contribution in [0.25, 0.3) is 5.65 Å². The Morgan fingerprint density at radius 1 is 1.23 bits per heavy atom. The van der Waals surface area contributed by atoms with E-state index in [1.165, 1.54) is 19.2 Å². The minimum Gasteiger partial charge on any atom is -0.496 e. The normalized spacial score (nSPS) is 11.5. The lowest BCUT2D eigenvalue weighted by atomic mass is 10.2. The fourth-order valence-electron chi connectivity index (χ4n) is 2.47. The largest absolute Gasteiger partial charge is 0.496 e. The summed E-state index contributed by atoms with van der Waals surface area (Å²) >= 11 is 0. The molecule has 0 amide bonds. The molecule has 0 bridgehead atoms. The van der Waals surface area contributed by atoms with Gasteiger partial charge >= 0.3 is 5.97 Å². The molecule has 0 atom stereocenters. The summed E-state index contributed by atoms with van der Waals surface area (Å²) < 4.78 is 35.2. The summed E-state index contributed by atoms with van der Waals surface area (Å²) in [5.41, 5.74) is 2.34. The predicted octanol–water partition coefficient (Wildman–Crippen LogP) is 1.66. The van der Waals surface area contributed by atoms with E-state index in [-0.39, 0.29) is 22.8 Å². The number of nitrogens with zero attached hydrogens (tertiary/aromatic N) is 2. The van der Waals surface area contributed by atoms with Crippen LogP contribution in [0.3, 0.4) is 0 Å². The van der Waals surface area contributed by atoms with Crippen LogP contribution in [-0.4, -0.2) is 30.9 Å². The molecule has 2 N–H and O–H groups in total. The number of carbonyl (C=O) groups excluding carboxylic acids is 1. The number of carbonyl (C=O) groups is 1. The van der Waals surface area contributed by atoms with Gasteiger partial charge in [-0.25, -0.2) is 23.3 Å². The van der Waals surface area contributed by atoms with Crippen molar-refractivity contribution in [2.45, 2.75) is 18.4 Å². The Morgan fingerprint density at radius 2 is 2.00 bits per heavy atom. The third-order valence-electron chi connectivity index (χ3n) is 3.72. The van der Waals surface area contributed by atoms with Crippen molar-refractivity contribution in [3.05, 3.63) is 59.5 Å². The van der Waals surface area contributed by atoms with Crippen LogP contribution < -0.4 is 9.88 Å². The molecule has 1 aromatic carbocycles. The lowest BCUT2D eigenvalue weighted by Crippen LogP contribution is -2.14. The van der Waals surface area contributed by atoms with Gasteiger partial charge in [0.15, 0.2) is 0 Å². The number of rotatable bonds is 5. The Morgan fingerprint density at radius 3 is 2.69 bits per heavy atom. The van der Waals surface area contributed by atoms with Gasteiger partial charge in [-0.05, 0) is 36.8 Å². The molecule has 0 aliphatic carbocycles. The first-order chi connectivity index (χ1) is 12.3. The number of primary sulfonamides is 1. The molecular formula is C17H17N3O5S. The minimum absolute atomic E-state index is 0.0290. The van der Waals surface area contributed by atoms with Crippen LogP contribution in [-0.2, 0) is 21.4 Å². The van der Waals surface area contributed by atoms with Gasteiger partial charge < -0.3 is 13.9 Å². The van der Waals surface area contributed by atoms with E-state index >= 15 is 0 Å². The summed E-state index contributed by atoms with van der Waals surface area (Å²) in [5, 5.41) is 5.10. The van der Waals surface area contributed by atoms with E-state index < -0.39 is 16.0 Å². The van der Waals surface area contributed by atoms with Crippen molar-refractivity contribution in [3.8, 4) is 5.75 Å². The molecule has 2 aromatic heterocycles. The molecule has 0 radical (unpaired) electrons. The van der Waals surface area contributed by atoms with Gasteiger partial charge in [-0.3, -0.25) is 0 Å². The number of benzene rings is 1. The Balaban J connectivity index is 1.82. The van der Waals surface area contributed by atoms with Gasteiger partial charge in [-0.2, -0.15) is 0 Å². The molecular weight excluding hydrogens is 358 g/mol. The summed E-state index contributed by atoms with van der Waals surface area (Å²) in [6.07, 6.45) is 3.67. The van der Waals surface area contributed by atoms with Crippen molar-refractivity contribution in [2.75, 3.05) is 7.11 Å². The third kappa shape index (κ3) is 3.68. The molecule has 0 spiro atoms. The minimum atomic E-state index is -3.95. The topological polar surface area (TPSA) is 113 Å². The summed E-state index contributed by atoms with van der Waals surface area (Å²) in [6, 6.07) is 7.53. The maximum atomic E-state index is 12.4. The van der Waals surface area contributed by atoms with Gasteiger partial charge in [-0.15, -0.1) is 0 Å². The number of esters is 1. The Hall–Kier alpha value is -2.91. The number of imidazole rings is 1. The molecule has 136 valence electrons. The first kappa shape index (κ1) is 17.9. The van der Waals surface area contributed by atoms with E-state index in [0.717, 1.165) is 17.3 Å². The van der Waals surface area contributed by atoms with Crippen molar-refractivity contribution in [1.29, 1.82) is 0 Å². The van der Waals surface area contributed by atoms with Crippen LogP contribution in [0.5, 0.6) is 5.75 Å². The second-order valence-electron chi connectivity index (χ2n) is 5.69. The van der Waals surface area contributed by atoms with Crippen molar-refractivity contribution in [3.63, 3.8) is 0 Å². The molecule has 3 rings (SSSR count). The number of pyridine rings is 1. The molecule has 0 aliphatic heterocycles. The van der Waals surface area contributed by atoms with Crippen LogP contribution in [0.1, 0.15) is 21.6 Å². The van der Waals surface area contributed by atoms with Gasteiger partial charge in [0, 0.05) is 12.4 Å². The Bertz CT molecular complexity index is 1090. The smallest absolute Gasteiger partial charge is 0.342 e. The molecule has 0 saturated carbocycles. The summed E-state index contributed by atoms with van der Waals surface area (Å²) in [4.78, 5) is 16.5. The monoisotopic (exact) mass is 375 g/mol. The number of sulfonamides is 1. The highest BCUT2D eigenvalue weighted by Crippen LogP contribution is 2.23. The predicted molar refractivity (Wildman–Crippen MR) is 93.4 cm³/mol. The second-order valence-corrected chi connectivity index (χ2v) is 7.25. The van der Waals surface area contributed by atoms with Crippen LogP contribution in [0.15, 0.2) is 47.6 Å². The van der Waals surface area contributed by atoms with Gasteiger partial charge in [0.05, 0.1) is 17.7 Å². The maximum Gasteiger partial charge on any atom is 0.342 e. The van der Waals surface area contributed by atoms with Crippen LogP contribution >= 0.6 is 0 Å². The number of hydrogen-bond acceptors (Lipinski definition) is 6. The van der Waals surface area contributed by atoms with E-state index in [1.807, 2.05) is 29.7 Å². The van der Waals surface area contributed by atoms with E-state index in [0.29, 0.717) is 5.69 Å². The molecule has 0 fully saturated rings. The quantitative estimate of drug-likeness (QED) is 0.679. The molecule has 8 nitrogen and oxygen atoms in total. The number of aromatic nitrogens is 2. The highest BCUT2D eigenvalue weighted by molar-refractivity contribution is 7.89. The second kappa shape index (κ2) is 6.77. The Labute approximate surface area is 150 Å². The van der Waals surface area contributed by atoms with Crippen LogP contribution in [0, 0.1) is 6.92 Å². The van der Waals surface area contributed by atoms with Crippen molar-refractivity contribution < 1.29 is 22.7 Å². The first-order valence-corrected chi connectivity index (χ1v) is 9.15. The third-order valence-corrected chi connectivity index (χ3v) is 4.63. The average Bonchev–Trinajstić information content (AvgIpc) is 3.00. The molecule has 0 aliphatic rings. The van der Waals surface area contributed by atoms with E-state index in [4.69, 9.17) is 14.6 Å². The van der Waals surface area contributed by atoms with Crippen molar-refractivity contribution in [2.24, 2.45) is 5.14 Å². The summed E-state index contributed by atoms with van der Waals surface area (Å²) in [5.74, 6) is -0.548. The SMILES string of the molecule is COc1ccc(S(N)(=O)=O)cc1C(=O)OCc1cn2cc(C)ccc2n1. The maximum absolute atomic E-state index is 12.4. The fourth-order valence-corrected chi connectivity index (χ4v) is 3.01. The lowest BCUT2D eigenvalue weighted by Gasteiger charge is -2.09. The summed E-state index contributed by atoms with van der Waals surface area (Å²) in [7, 11) is -2.58. The summed E-state index contributed by atoms with van der Waals surface area (Å²) in [6.45, 7) is 1.90. The number of nitrogens with two attached hydrogens (primary N) is 1. The first-order valence-electron chi connectivity index (χ1n) is 7.60.